The number of ketones is 1. The van der Waals surface area contributed by atoms with Gasteiger partial charge < -0.3 is 14.0 Å². The van der Waals surface area contributed by atoms with E-state index in [9.17, 15) is 4.79 Å². The highest BCUT2D eigenvalue weighted by Crippen LogP contribution is 2.33. The van der Waals surface area contributed by atoms with E-state index in [1.54, 1.807) is 13.2 Å². The van der Waals surface area contributed by atoms with Crippen LogP contribution in [0.4, 0.5) is 0 Å². The first kappa shape index (κ1) is 25.3. The second kappa shape index (κ2) is 11.3. The van der Waals surface area contributed by atoms with Gasteiger partial charge in [0.05, 0.1) is 7.11 Å². The number of hydrogen-bond donors (Lipinski definition) is 0. The van der Waals surface area contributed by atoms with Crippen molar-refractivity contribution in [1.82, 2.24) is 4.57 Å². The molecule has 4 aromatic rings. The van der Waals surface area contributed by atoms with Crippen LogP contribution in [0.3, 0.4) is 0 Å². The zero-order chi connectivity index (χ0) is 25.7. The molecule has 4 rings (SSSR count). The fraction of sp³-hybridized carbons (Fsp3) is 0.194. The van der Waals surface area contributed by atoms with Crippen LogP contribution in [0.5, 0.6) is 11.5 Å². The Morgan fingerprint density at radius 1 is 1.00 bits per heavy atom. The smallest absolute Gasteiger partial charge is 0.185 e. The molecule has 0 fully saturated rings. The molecule has 0 N–H and O–H groups in total. The number of ether oxygens (including phenoxy) is 2. The molecule has 0 saturated carbocycles. The summed E-state index contributed by atoms with van der Waals surface area (Å²) in [5.74, 6) is 1.77. The van der Waals surface area contributed by atoms with Crippen LogP contribution in [0, 0.1) is 6.92 Å². The van der Waals surface area contributed by atoms with Crippen LogP contribution in [-0.2, 0) is 6.61 Å². The maximum Gasteiger partial charge on any atom is 0.185 e. The lowest BCUT2D eigenvalue weighted by Gasteiger charge is -2.17. The molecule has 0 spiro atoms. The summed E-state index contributed by atoms with van der Waals surface area (Å²) in [7, 11) is 1.64. The van der Waals surface area contributed by atoms with Crippen molar-refractivity contribution < 1.29 is 14.3 Å². The molecule has 0 radical (unpaired) electrons. The van der Waals surface area contributed by atoms with Crippen molar-refractivity contribution in [1.29, 1.82) is 0 Å². The minimum absolute atomic E-state index is 0.0547. The molecular formula is C31H30ClNO3. The number of carbonyl (C=O) groups excluding carboxylic acids is 1. The third-order valence-corrected chi connectivity index (χ3v) is 6.49. The summed E-state index contributed by atoms with van der Waals surface area (Å²) in [5, 5.41) is 0.736. The number of benzene rings is 3. The van der Waals surface area contributed by atoms with Gasteiger partial charge in [-0.05, 0) is 96.3 Å². The van der Waals surface area contributed by atoms with Crippen LogP contribution in [-0.4, -0.2) is 17.5 Å². The highest BCUT2D eigenvalue weighted by molar-refractivity contribution is 6.31. The van der Waals surface area contributed by atoms with E-state index in [2.05, 4.69) is 13.8 Å². The number of carbonyl (C=O) groups is 1. The second-order valence-corrected chi connectivity index (χ2v) is 9.40. The summed E-state index contributed by atoms with van der Waals surface area (Å²) in [5.41, 5.74) is 5.47. The van der Waals surface area contributed by atoms with Gasteiger partial charge in [0.1, 0.15) is 18.1 Å². The Morgan fingerprint density at radius 3 is 2.39 bits per heavy atom. The van der Waals surface area contributed by atoms with Gasteiger partial charge >= 0.3 is 0 Å². The molecule has 0 aliphatic rings. The van der Waals surface area contributed by atoms with Gasteiger partial charge in [-0.2, -0.15) is 0 Å². The monoisotopic (exact) mass is 499 g/mol. The maximum atomic E-state index is 12.7. The highest BCUT2D eigenvalue weighted by Gasteiger charge is 2.13. The first-order valence-electron chi connectivity index (χ1n) is 11.9. The van der Waals surface area contributed by atoms with Gasteiger partial charge in [-0.3, -0.25) is 4.79 Å². The average Bonchev–Trinajstić information content (AvgIpc) is 3.43. The van der Waals surface area contributed by atoms with E-state index < -0.39 is 0 Å². The molecule has 3 aromatic carbocycles. The first-order chi connectivity index (χ1) is 17.4. The molecule has 36 heavy (non-hydrogen) atoms. The minimum Gasteiger partial charge on any atom is -0.496 e. The quantitative estimate of drug-likeness (QED) is 0.173. The van der Waals surface area contributed by atoms with Crippen LogP contribution in [0.2, 0.25) is 5.02 Å². The Labute approximate surface area is 217 Å². The third-order valence-electron chi connectivity index (χ3n) is 6.08. The molecule has 0 aliphatic heterocycles. The number of hydrogen-bond acceptors (Lipinski definition) is 3. The van der Waals surface area contributed by atoms with Gasteiger partial charge in [0.2, 0.25) is 0 Å². The van der Waals surface area contributed by atoms with E-state index in [1.807, 2.05) is 96.7 Å². The summed E-state index contributed by atoms with van der Waals surface area (Å²) in [6.07, 6.45) is 7.35. The molecule has 0 aliphatic carbocycles. The third kappa shape index (κ3) is 5.89. The van der Waals surface area contributed by atoms with E-state index >= 15 is 0 Å². The molecule has 5 heteroatoms. The van der Waals surface area contributed by atoms with Crippen LogP contribution in [0.15, 0.2) is 85.2 Å². The SMILES string of the molecule is COc1ccc(/C=C/C(=O)c2ccc(-n3cccc3)cc2)cc1COc1cc(C)c(Cl)cc1C(C)C. The molecule has 0 unspecified atom stereocenters. The molecule has 0 saturated heterocycles. The van der Waals surface area contributed by atoms with Crippen molar-refractivity contribution >= 4 is 23.5 Å². The predicted octanol–water partition coefficient (Wildman–Crippen LogP) is 8.05. The van der Waals surface area contributed by atoms with Gasteiger partial charge in [0.25, 0.3) is 0 Å². The summed E-state index contributed by atoms with van der Waals surface area (Å²) in [4.78, 5) is 12.7. The topological polar surface area (TPSA) is 40.5 Å². The number of halogens is 1. The Balaban J connectivity index is 1.49. The molecule has 0 amide bonds. The van der Waals surface area contributed by atoms with Crippen LogP contribution in [0.1, 0.15) is 52.4 Å². The Hall–Kier alpha value is -3.76. The second-order valence-electron chi connectivity index (χ2n) is 8.99. The van der Waals surface area contributed by atoms with Gasteiger partial charge in [-0.1, -0.05) is 37.6 Å². The van der Waals surface area contributed by atoms with Crippen molar-refractivity contribution in [3.8, 4) is 17.2 Å². The number of aromatic nitrogens is 1. The van der Waals surface area contributed by atoms with E-state index in [0.29, 0.717) is 12.2 Å². The molecule has 0 atom stereocenters. The summed E-state index contributed by atoms with van der Waals surface area (Å²) >= 11 is 6.34. The summed E-state index contributed by atoms with van der Waals surface area (Å²) < 4.78 is 13.8. The van der Waals surface area contributed by atoms with Gasteiger partial charge in [0, 0.05) is 34.2 Å². The molecule has 184 valence electrons. The molecule has 1 heterocycles. The number of allylic oxidation sites excluding steroid dienone is 1. The van der Waals surface area contributed by atoms with Crippen molar-refractivity contribution in [2.24, 2.45) is 0 Å². The summed E-state index contributed by atoms with van der Waals surface area (Å²) in [6, 6.07) is 21.3. The zero-order valence-corrected chi connectivity index (χ0v) is 21.8. The molecule has 1 aromatic heterocycles. The van der Waals surface area contributed by atoms with E-state index in [-0.39, 0.29) is 11.7 Å². The van der Waals surface area contributed by atoms with Crippen molar-refractivity contribution in [2.75, 3.05) is 7.11 Å². The Bertz CT molecular complexity index is 1370. The van der Waals surface area contributed by atoms with Crippen molar-refractivity contribution in [3.63, 3.8) is 0 Å². The Kier molecular flexibility index (Phi) is 7.97. The Morgan fingerprint density at radius 2 is 1.72 bits per heavy atom. The predicted molar refractivity (Wildman–Crippen MR) is 147 cm³/mol. The van der Waals surface area contributed by atoms with Gasteiger partial charge in [0.15, 0.2) is 5.78 Å². The van der Waals surface area contributed by atoms with E-state index in [1.165, 1.54) is 0 Å². The minimum atomic E-state index is -0.0547. The van der Waals surface area contributed by atoms with Crippen LogP contribution >= 0.6 is 11.6 Å². The van der Waals surface area contributed by atoms with Crippen LogP contribution in [0.25, 0.3) is 11.8 Å². The summed E-state index contributed by atoms with van der Waals surface area (Å²) in [6.45, 7) is 6.53. The fourth-order valence-corrected chi connectivity index (χ4v) is 4.16. The van der Waals surface area contributed by atoms with Crippen LogP contribution < -0.4 is 9.47 Å². The van der Waals surface area contributed by atoms with E-state index in [0.717, 1.165) is 44.5 Å². The van der Waals surface area contributed by atoms with Crippen molar-refractivity contribution in [2.45, 2.75) is 33.3 Å². The number of nitrogens with zero attached hydrogens (tertiary/aromatic N) is 1. The molecule has 0 bridgehead atoms. The lowest BCUT2D eigenvalue weighted by molar-refractivity contribution is 0.104. The zero-order valence-electron chi connectivity index (χ0n) is 21.0. The number of aryl methyl sites for hydroxylation is 1. The standard InChI is InChI=1S/C31H30ClNO3/c1-21(2)27-19-28(32)22(3)17-31(27)36-20-25-18-23(8-14-30(25)35-4)7-13-29(34)24-9-11-26(12-10-24)33-15-5-6-16-33/h5-19,21H,20H2,1-4H3/b13-7+. The average molecular weight is 500 g/mol. The van der Waals surface area contributed by atoms with Gasteiger partial charge in [-0.25, -0.2) is 0 Å². The van der Waals surface area contributed by atoms with Gasteiger partial charge in [-0.15, -0.1) is 0 Å². The lowest BCUT2D eigenvalue weighted by Crippen LogP contribution is -2.03. The largest absolute Gasteiger partial charge is 0.496 e. The normalized spacial score (nSPS) is 11.3. The lowest BCUT2D eigenvalue weighted by atomic mass is 10.0. The number of methoxy groups -OCH3 is 1. The number of rotatable bonds is 9. The fourth-order valence-electron chi connectivity index (χ4n) is 3.99. The van der Waals surface area contributed by atoms with Crippen molar-refractivity contribution in [3.05, 3.63) is 118 Å². The maximum absolute atomic E-state index is 12.7. The molecule has 4 nitrogen and oxygen atoms in total. The highest BCUT2D eigenvalue weighted by atomic mass is 35.5. The molecular weight excluding hydrogens is 470 g/mol. The first-order valence-corrected chi connectivity index (χ1v) is 12.3. The van der Waals surface area contributed by atoms with E-state index in [4.69, 9.17) is 21.1 Å².